The molecule has 2 aliphatic rings. The van der Waals surface area contributed by atoms with Gasteiger partial charge in [0.1, 0.15) is 0 Å². The van der Waals surface area contributed by atoms with Crippen molar-refractivity contribution in [2.24, 2.45) is 0 Å². The Morgan fingerprint density at radius 1 is 1.14 bits per heavy atom. The molecule has 0 spiro atoms. The second-order valence-corrected chi connectivity index (χ2v) is 8.35. The molecule has 0 aromatic heterocycles. The fourth-order valence-electron chi connectivity index (χ4n) is 4.11. The highest BCUT2D eigenvalue weighted by molar-refractivity contribution is 7.98. The van der Waals surface area contributed by atoms with Crippen LogP contribution in [0.3, 0.4) is 0 Å². The van der Waals surface area contributed by atoms with Gasteiger partial charge in [-0.1, -0.05) is 19.3 Å². The summed E-state index contributed by atoms with van der Waals surface area (Å²) in [5, 5.41) is 3.01. The number of thioether (sulfide) groups is 1. The van der Waals surface area contributed by atoms with Crippen LogP contribution in [0.4, 0.5) is 0 Å². The van der Waals surface area contributed by atoms with Crippen molar-refractivity contribution in [1.82, 2.24) is 10.2 Å². The Morgan fingerprint density at radius 3 is 2.46 bits per heavy atom. The molecule has 0 bridgehead atoms. The summed E-state index contributed by atoms with van der Waals surface area (Å²) in [5.41, 5.74) is 0.470. The molecule has 0 unspecified atom stereocenters. The first-order valence-electron chi connectivity index (χ1n) is 10.0. The molecule has 1 aliphatic heterocycles. The number of ether oxygens (including phenoxy) is 2. The maximum Gasteiger partial charge on any atom is 0.338 e. The number of carbonyl (C=O) groups excluding carboxylic acids is 2. The maximum absolute atomic E-state index is 12.3. The number of hydrogen-bond donors (Lipinski definition) is 1. The number of carbonyl (C=O) groups is 2. The summed E-state index contributed by atoms with van der Waals surface area (Å²) in [4.78, 5) is 28.0. The molecule has 1 saturated heterocycles. The van der Waals surface area contributed by atoms with Crippen molar-refractivity contribution in [3.63, 3.8) is 0 Å². The Labute approximate surface area is 171 Å². The molecule has 6 nitrogen and oxygen atoms in total. The minimum atomic E-state index is -0.469. The van der Waals surface area contributed by atoms with Gasteiger partial charge >= 0.3 is 5.97 Å². The summed E-state index contributed by atoms with van der Waals surface area (Å²) < 4.78 is 10.7. The van der Waals surface area contributed by atoms with Gasteiger partial charge in [0.25, 0.3) is 5.91 Å². The predicted octanol–water partition coefficient (Wildman–Crippen LogP) is 2.72. The van der Waals surface area contributed by atoms with E-state index in [1.165, 1.54) is 19.3 Å². The van der Waals surface area contributed by atoms with Crippen molar-refractivity contribution < 1.29 is 19.1 Å². The number of nitrogens with one attached hydrogen (secondary N) is 1. The normalized spacial score (nSPS) is 19.8. The van der Waals surface area contributed by atoms with E-state index in [1.54, 1.807) is 23.9 Å². The lowest BCUT2D eigenvalue weighted by Crippen LogP contribution is -2.59. The molecule has 0 radical (unpaired) electrons. The Kier molecular flexibility index (Phi) is 7.76. The van der Waals surface area contributed by atoms with Crippen LogP contribution in [0.2, 0.25) is 0 Å². The van der Waals surface area contributed by atoms with Gasteiger partial charge in [-0.25, -0.2) is 4.79 Å². The zero-order chi connectivity index (χ0) is 19.8. The highest BCUT2D eigenvalue weighted by Crippen LogP contribution is 2.33. The fraction of sp³-hybridized carbons (Fsp3) is 0.619. The second-order valence-electron chi connectivity index (χ2n) is 7.47. The van der Waals surface area contributed by atoms with Crippen molar-refractivity contribution in [3.05, 3.63) is 29.8 Å². The number of benzene rings is 1. The van der Waals surface area contributed by atoms with Crippen LogP contribution in [0.25, 0.3) is 0 Å². The number of morpholine rings is 1. The molecule has 7 heteroatoms. The van der Waals surface area contributed by atoms with E-state index in [2.05, 4.69) is 10.2 Å². The van der Waals surface area contributed by atoms with Crippen molar-refractivity contribution in [2.45, 2.75) is 42.5 Å². The van der Waals surface area contributed by atoms with Gasteiger partial charge in [-0.05, 0) is 43.4 Å². The maximum atomic E-state index is 12.3. The summed E-state index contributed by atoms with van der Waals surface area (Å²) in [6.07, 6.45) is 7.80. The highest BCUT2D eigenvalue weighted by atomic mass is 32.2. The van der Waals surface area contributed by atoms with Crippen molar-refractivity contribution >= 4 is 23.6 Å². The second kappa shape index (κ2) is 10.3. The Hall–Kier alpha value is -1.57. The lowest BCUT2D eigenvalue weighted by atomic mass is 9.79. The van der Waals surface area contributed by atoms with Crippen LogP contribution in [0, 0.1) is 0 Å². The Bertz CT molecular complexity index is 653. The van der Waals surface area contributed by atoms with Gasteiger partial charge in [0.15, 0.2) is 6.61 Å². The smallest absolute Gasteiger partial charge is 0.338 e. The lowest BCUT2D eigenvalue weighted by molar-refractivity contribution is -0.125. The molecule has 28 heavy (non-hydrogen) atoms. The molecule has 2 fully saturated rings. The molecule has 1 heterocycles. The van der Waals surface area contributed by atoms with Crippen LogP contribution in [0.1, 0.15) is 42.5 Å². The fourth-order valence-corrected chi connectivity index (χ4v) is 4.52. The first-order chi connectivity index (χ1) is 13.6. The molecule has 154 valence electrons. The van der Waals surface area contributed by atoms with Crippen LogP contribution < -0.4 is 5.32 Å². The van der Waals surface area contributed by atoms with Gasteiger partial charge < -0.3 is 14.8 Å². The Balaban J connectivity index is 1.49. The summed E-state index contributed by atoms with van der Waals surface area (Å²) in [5.74, 6) is -0.712. The quantitative estimate of drug-likeness (QED) is 0.555. The molecule has 1 aliphatic carbocycles. The van der Waals surface area contributed by atoms with E-state index in [1.807, 2.05) is 18.4 Å². The van der Waals surface area contributed by atoms with Crippen molar-refractivity contribution in [2.75, 3.05) is 45.7 Å². The molecule has 1 aromatic carbocycles. The zero-order valence-electron chi connectivity index (χ0n) is 16.6. The molecule has 1 saturated carbocycles. The van der Waals surface area contributed by atoms with Crippen LogP contribution in [0.15, 0.2) is 29.2 Å². The third kappa shape index (κ3) is 5.49. The van der Waals surface area contributed by atoms with Gasteiger partial charge in [0, 0.05) is 30.1 Å². The number of amides is 1. The summed E-state index contributed by atoms with van der Waals surface area (Å²) >= 11 is 1.61. The summed E-state index contributed by atoms with van der Waals surface area (Å²) in [6, 6.07) is 7.19. The third-order valence-electron chi connectivity index (χ3n) is 5.74. The van der Waals surface area contributed by atoms with E-state index in [9.17, 15) is 9.59 Å². The summed E-state index contributed by atoms with van der Waals surface area (Å²) in [7, 11) is 0. The highest BCUT2D eigenvalue weighted by Gasteiger charge is 2.38. The molecule has 1 amide bonds. The van der Waals surface area contributed by atoms with Gasteiger partial charge in [-0.15, -0.1) is 11.8 Å². The summed E-state index contributed by atoms with van der Waals surface area (Å²) in [6.45, 7) is 3.69. The zero-order valence-corrected chi connectivity index (χ0v) is 17.4. The number of nitrogens with zero attached hydrogens (tertiary/aromatic N) is 1. The Morgan fingerprint density at radius 2 is 1.82 bits per heavy atom. The van der Waals surface area contributed by atoms with Crippen molar-refractivity contribution in [3.8, 4) is 0 Å². The van der Waals surface area contributed by atoms with E-state index >= 15 is 0 Å². The number of esters is 1. The van der Waals surface area contributed by atoms with Gasteiger partial charge in [0.2, 0.25) is 0 Å². The molecule has 3 rings (SSSR count). The SMILES string of the molecule is CSc1ccc(C(=O)OCC(=O)NCC2(N3CCOCC3)CCCCC2)cc1. The predicted molar refractivity (Wildman–Crippen MR) is 110 cm³/mol. The average molecular weight is 407 g/mol. The molecule has 1 N–H and O–H groups in total. The lowest BCUT2D eigenvalue weighted by Gasteiger charge is -2.48. The molecular weight excluding hydrogens is 376 g/mol. The average Bonchev–Trinajstić information content (AvgIpc) is 2.77. The van der Waals surface area contributed by atoms with E-state index in [0.29, 0.717) is 12.1 Å². The third-order valence-corrected chi connectivity index (χ3v) is 6.48. The largest absolute Gasteiger partial charge is 0.452 e. The monoisotopic (exact) mass is 406 g/mol. The van der Waals surface area contributed by atoms with E-state index in [4.69, 9.17) is 9.47 Å². The molecule has 0 atom stereocenters. The molecule has 1 aromatic rings. The van der Waals surface area contributed by atoms with E-state index in [0.717, 1.165) is 44.0 Å². The first kappa shape index (κ1) is 21.1. The number of hydrogen-bond acceptors (Lipinski definition) is 6. The van der Waals surface area contributed by atoms with E-state index in [-0.39, 0.29) is 18.1 Å². The minimum Gasteiger partial charge on any atom is -0.452 e. The van der Waals surface area contributed by atoms with Crippen LogP contribution in [0.5, 0.6) is 0 Å². The minimum absolute atomic E-state index is 0.00927. The van der Waals surface area contributed by atoms with Crippen molar-refractivity contribution in [1.29, 1.82) is 0 Å². The van der Waals surface area contributed by atoms with Gasteiger partial charge in [0.05, 0.1) is 18.8 Å². The standard InChI is InChI=1S/C21H30N2O4S/c1-28-18-7-5-17(6-8-18)20(25)27-15-19(24)22-16-21(9-3-2-4-10-21)23-11-13-26-14-12-23/h5-8H,2-4,9-16H2,1H3,(H,22,24). The van der Waals surface area contributed by atoms with Crippen LogP contribution in [-0.2, 0) is 14.3 Å². The van der Waals surface area contributed by atoms with Crippen LogP contribution in [-0.4, -0.2) is 68.0 Å². The topological polar surface area (TPSA) is 67.9 Å². The van der Waals surface area contributed by atoms with Crippen LogP contribution >= 0.6 is 11.8 Å². The van der Waals surface area contributed by atoms with Gasteiger partial charge in [-0.3, -0.25) is 9.69 Å². The molecular formula is C21H30N2O4S. The number of rotatable bonds is 7. The first-order valence-corrected chi connectivity index (χ1v) is 11.3. The van der Waals surface area contributed by atoms with E-state index < -0.39 is 5.97 Å². The van der Waals surface area contributed by atoms with Gasteiger partial charge in [-0.2, -0.15) is 0 Å².